The van der Waals surface area contributed by atoms with Crippen LogP contribution in [0, 0.1) is 0 Å². The SMILES string of the molecule is COc1ccc(/C=C(\C)C(O)N2CCOCC2)cc1. The number of hydrogen-bond acceptors (Lipinski definition) is 4. The van der Waals surface area contributed by atoms with Gasteiger partial charge in [-0.2, -0.15) is 0 Å². The lowest BCUT2D eigenvalue weighted by molar-refractivity contribution is -0.0404. The van der Waals surface area contributed by atoms with Crippen molar-refractivity contribution in [1.82, 2.24) is 4.90 Å². The molecule has 1 N–H and O–H groups in total. The number of ether oxygens (including phenoxy) is 2. The van der Waals surface area contributed by atoms with E-state index in [-0.39, 0.29) is 0 Å². The number of benzene rings is 1. The molecule has 1 aliphatic heterocycles. The Morgan fingerprint density at radius 1 is 1.32 bits per heavy atom. The molecule has 1 unspecified atom stereocenters. The van der Waals surface area contributed by atoms with Crippen LogP contribution in [0.3, 0.4) is 0 Å². The van der Waals surface area contributed by atoms with Crippen molar-refractivity contribution in [3.05, 3.63) is 35.4 Å². The predicted octanol–water partition coefficient (Wildman–Crippen LogP) is 1.75. The molecule has 0 radical (unpaired) electrons. The van der Waals surface area contributed by atoms with Gasteiger partial charge in [0.1, 0.15) is 12.0 Å². The number of methoxy groups -OCH3 is 1. The summed E-state index contributed by atoms with van der Waals surface area (Å²) in [7, 11) is 1.65. The quantitative estimate of drug-likeness (QED) is 0.898. The van der Waals surface area contributed by atoms with Gasteiger partial charge in [0.05, 0.1) is 20.3 Å². The minimum atomic E-state index is -0.536. The predicted molar refractivity (Wildman–Crippen MR) is 75.0 cm³/mol. The molecule has 1 atom stereocenters. The molecular weight excluding hydrogens is 242 g/mol. The first-order valence-electron chi connectivity index (χ1n) is 6.53. The van der Waals surface area contributed by atoms with E-state index in [2.05, 4.69) is 0 Å². The van der Waals surface area contributed by atoms with Crippen LogP contribution in [0.15, 0.2) is 29.8 Å². The van der Waals surface area contributed by atoms with Crippen molar-refractivity contribution in [2.45, 2.75) is 13.2 Å². The normalized spacial score (nSPS) is 19.2. The molecule has 1 saturated heterocycles. The van der Waals surface area contributed by atoms with Gasteiger partial charge in [-0.3, -0.25) is 4.90 Å². The fourth-order valence-electron chi connectivity index (χ4n) is 2.15. The number of rotatable bonds is 4. The molecular formula is C15H21NO3. The van der Waals surface area contributed by atoms with Gasteiger partial charge < -0.3 is 14.6 Å². The van der Waals surface area contributed by atoms with Crippen molar-refractivity contribution < 1.29 is 14.6 Å². The lowest BCUT2D eigenvalue weighted by Gasteiger charge is -2.31. The summed E-state index contributed by atoms with van der Waals surface area (Å²) in [6.07, 6.45) is 1.46. The van der Waals surface area contributed by atoms with Gasteiger partial charge in [0, 0.05) is 13.1 Å². The molecule has 2 rings (SSSR count). The van der Waals surface area contributed by atoms with Gasteiger partial charge in [0.25, 0.3) is 0 Å². The standard InChI is InChI=1S/C15H21NO3/c1-12(15(17)16-7-9-19-10-8-16)11-13-3-5-14(18-2)6-4-13/h3-6,11,15,17H,7-10H2,1-2H3/b12-11+. The highest BCUT2D eigenvalue weighted by Crippen LogP contribution is 2.17. The van der Waals surface area contributed by atoms with Crippen LogP contribution in [-0.4, -0.2) is 49.6 Å². The summed E-state index contributed by atoms with van der Waals surface area (Å²) >= 11 is 0. The van der Waals surface area contributed by atoms with Gasteiger partial charge in [0.2, 0.25) is 0 Å². The lowest BCUT2D eigenvalue weighted by Crippen LogP contribution is -2.43. The average molecular weight is 263 g/mol. The van der Waals surface area contributed by atoms with Gasteiger partial charge in [-0.05, 0) is 30.2 Å². The third kappa shape index (κ3) is 3.80. The van der Waals surface area contributed by atoms with E-state index in [1.165, 1.54) is 0 Å². The number of aliphatic hydroxyl groups is 1. The maximum absolute atomic E-state index is 10.3. The van der Waals surface area contributed by atoms with E-state index >= 15 is 0 Å². The van der Waals surface area contributed by atoms with Gasteiger partial charge in [-0.1, -0.05) is 18.2 Å². The van der Waals surface area contributed by atoms with Gasteiger partial charge >= 0.3 is 0 Å². The van der Waals surface area contributed by atoms with Crippen molar-refractivity contribution in [2.24, 2.45) is 0 Å². The molecule has 1 aromatic carbocycles. The molecule has 4 nitrogen and oxygen atoms in total. The molecule has 4 heteroatoms. The Bertz CT molecular complexity index is 422. The molecule has 104 valence electrons. The summed E-state index contributed by atoms with van der Waals surface area (Å²) in [5, 5.41) is 10.3. The van der Waals surface area contributed by atoms with Crippen molar-refractivity contribution in [3.63, 3.8) is 0 Å². The second kappa shape index (κ2) is 6.70. The third-order valence-corrected chi connectivity index (χ3v) is 3.31. The van der Waals surface area contributed by atoms with E-state index in [0.29, 0.717) is 13.2 Å². The van der Waals surface area contributed by atoms with Crippen molar-refractivity contribution in [1.29, 1.82) is 0 Å². The molecule has 1 heterocycles. The van der Waals surface area contributed by atoms with Gasteiger partial charge in [0.15, 0.2) is 0 Å². The van der Waals surface area contributed by atoms with Gasteiger partial charge in [-0.25, -0.2) is 0 Å². The van der Waals surface area contributed by atoms with E-state index in [0.717, 1.165) is 30.0 Å². The monoisotopic (exact) mass is 263 g/mol. The summed E-state index contributed by atoms with van der Waals surface area (Å²) in [5.41, 5.74) is 2.00. The smallest absolute Gasteiger partial charge is 0.129 e. The Labute approximate surface area is 114 Å². The van der Waals surface area contributed by atoms with Crippen LogP contribution in [-0.2, 0) is 4.74 Å². The summed E-state index contributed by atoms with van der Waals surface area (Å²) in [4.78, 5) is 2.03. The highest BCUT2D eigenvalue weighted by Gasteiger charge is 2.19. The summed E-state index contributed by atoms with van der Waals surface area (Å²) in [6, 6.07) is 7.79. The van der Waals surface area contributed by atoms with Crippen LogP contribution in [0.1, 0.15) is 12.5 Å². The minimum absolute atomic E-state index is 0.536. The Hall–Kier alpha value is -1.36. The molecule has 1 fully saturated rings. The second-order valence-corrected chi connectivity index (χ2v) is 4.68. The highest BCUT2D eigenvalue weighted by molar-refractivity contribution is 5.54. The maximum atomic E-state index is 10.3. The van der Waals surface area contributed by atoms with Crippen molar-refractivity contribution in [3.8, 4) is 5.75 Å². The van der Waals surface area contributed by atoms with Crippen LogP contribution in [0.5, 0.6) is 5.75 Å². The summed E-state index contributed by atoms with van der Waals surface area (Å²) in [6.45, 7) is 4.87. The number of aliphatic hydroxyl groups excluding tert-OH is 1. The Balaban J connectivity index is 2.03. The van der Waals surface area contributed by atoms with Crippen molar-refractivity contribution in [2.75, 3.05) is 33.4 Å². The fourth-order valence-corrected chi connectivity index (χ4v) is 2.15. The highest BCUT2D eigenvalue weighted by atomic mass is 16.5. The number of nitrogens with zero attached hydrogens (tertiary/aromatic N) is 1. The van der Waals surface area contributed by atoms with Crippen LogP contribution >= 0.6 is 0 Å². The fraction of sp³-hybridized carbons (Fsp3) is 0.467. The largest absolute Gasteiger partial charge is 0.497 e. The first-order chi connectivity index (χ1) is 9.20. The molecule has 0 amide bonds. The first-order valence-corrected chi connectivity index (χ1v) is 6.53. The molecule has 0 aromatic heterocycles. The topological polar surface area (TPSA) is 41.9 Å². The van der Waals surface area contributed by atoms with E-state index < -0.39 is 6.23 Å². The minimum Gasteiger partial charge on any atom is -0.497 e. The van der Waals surface area contributed by atoms with Crippen molar-refractivity contribution >= 4 is 6.08 Å². The summed E-state index contributed by atoms with van der Waals surface area (Å²) < 4.78 is 10.4. The van der Waals surface area contributed by atoms with Crippen LogP contribution in [0.4, 0.5) is 0 Å². The third-order valence-electron chi connectivity index (χ3n) is 3.31. The molecule has 0 spiro atoms. The molecule has 0 aliphatic carbocycles. The Kier molecular flexibility index (Phi) is 4.96. The zero-order valence-corrected chi connectivity index (χ0v) is 11.5. The number of hydrogen-bond donors (Lipinski definition) is 1. The van der Waals surface area contributed by atoms with E-state index in [1.807, 2.05) is 42.2 Å². The Morgan fingerprint density at radius 2 is 1.95 bits per heavy atom. The molecule has 1 aromatic rings. The van der Waals surface area contributed by atoms with E-state index in [9.17, 15) is 5.11 Å². The van der Waals surface area contributed by atoms with E-state index in [1.54, 1.807) is 7.11 Å². The lowest BCUT2D eigenvalue weighted by atomic mass is 10.1. The van der Waals surface area contributed by atoms with Crippen LogP contribution in [0.2, 0.25) is 0 Å². The molecule has 0 bridgehead atoms. The van der Waals surface area contributed by atoms with E-state index in [4.69, 9.17) is 9.47 Å². The van der Waals surface area contributed by atoms with Crippen LogP contribution < -0.4 is 4.74 Å². The molecule has 1 aliphatic rings. The summed E-state index contributed by atoms with van der Waals surface area (Å²) in [5.74, 6) is 0.837. The maximum Gasteiger partial charge on any atom is 0.129 e. The van der Waals surface area contributed by atoms with Gasteiger partial charge in [-0.15, -0.1) is 0 Å². The number of morpholine rings is 1. The molecule has 19 heavy (non-hydrogen) atoms. The zero-order chi connectivity index (χ0) is 13.7. The zero-order valence-electron chi connectivity index (χ0n) is 11.5. The first kappa shape index (κ1) is 14.1. The molecule has 0 saturated carbocycles. The Morgan fingerprint density at radius 3 is 2.53 bits per heavy atom. The average Bonchev–Trinajstić information content (AvgIpc) is 2.48. The van der Waals surface area contributed by atoms with Crippen LogP contribution in [0.25, 0.3) is 6.08 Å². The second-order valence-electron chi connectivity index (χ2n) is 4.68.